The van der Waals surface area contributed by atoms with E-state index in [0.717, 1.165) is 44.9 Å². The molecule has 59 heavy (non-hydrogen) atoms. The summed E-state index contributed by atoms with van der Waals surface area (Å²) in [5.74, 6) is -1.48. The summed E-state index contributed by atoms with van der Waals surface area (Å²) >= 11 is 1.36. The Morgan fingerprint density at radius 2 is 1.88 bits per heavy atom. The van der Waals surface area contributed by atoms with Crippen LogP contribution in [0.25, 0.3) is 11.3 Å². The molecule has 0 bridgehead atoms. The van der Waals surface area contributed by atoms with Gasteiger partial charge < -0.3 is 24.8 Å². The van der Waals surface area contributed by atoms with Crippen molar-refractivity contribution in [2.75, 3.05) is 55.5 Å². The van der Waals surface area contributed by atoms with Crippen LogP contribution in [0.3, 0.4) is 0 Å². The van der Waals surface area contributed by atoms with Crippen molar-refractivity contribution in [3.8, 4) is 17.0 Å². The molecule has 1 atom stereocenters. The first-order chi connectivity index (χ1) is 28.2. The fraction of sp³-hybridized carbons (Fsp3) is 0.395. The summed E-state index contributed by atoms with van der Waals surface area (Å²) in [5.41, 5.74) is 5.46. The van der Waals surface area contributed by atoms with E-state index in [1.807, 2.05) is 56.9 Å². The van der Waals surface area contributed by atoms with Gasteiger partial charge in [-0.1, -0.05) is 12.1 Å². The van der Waals surface area contributed by atoms with Gasteiger partial charge in [-0.3, -0.25) is 34.3 Å². The number of anilines is 3. The van der Waals surface area contributed by atoms with Gasteiger partial charge in [0, 0.05) is 47.7 Å². The molecular formula is C43H49FN6O8S. The highest BCUT2D eigenvalue weighted by atomic mass is 32.1. The molecule has 4 aromatic rings. The number of aldehydes is 1. The number of thiazole rings is 1. The Labute approximate surface area is 346 Å². The molecule has 2 aliphatic heterocycles. The van der Waals surface area contributed by atoms with Gasteiger partial charge in [0.15, 0.2) is 16.7 Å². The first-order valence-corrected chi connectivity index (χ1v) is 20.2. The van der Waals surface area contributed by atoms with Gasteiger partial charge in [0.1, 0.15) is 18.5 Å². The van der Waals surface area contributed by atoms with Gasteiger partial charge in [-0.25, -0.2) is 14.2 Å². The van der Waals surface area contributed by atoms with Crippen LogP contribution in [0.1, 0.15) is 65.5 Å². The highest BCUT2D eigenvalue weighted by Crippen LogP contribution is 2.36. The maximum absolute atomic E-state index is 14.6. The van der Waals surface area contributed by atoms with E-state index < -0.39 is 17.5 Å². The van der Waals surface area contributed by atoms with Gasteiger partial charge >= 0.3 is 6.09 Å². The Morgan fingerprint density at radius 3 is 2.64 bits per heavy atom. The van der Waals surface area contributed by atoms with E-state index in [1.54, 1.807) is 24.1 Å². The molecule has 0 aliphatic carbocycles. The van der Waals surface area contributed by atoms with Crippen molar-refractivity contribution in [3.05, 3.63) is 87.5 Å². The molecule has 1 unspecified atom stereocenters. The van der Waals surface area contributed by atoms with E-state index >= 15 is 0 Å². The number of hydrogen-bond acceptors (Lipinski definition) is 12. The SMILES string of the molecule is Cc1sc(NC(=O)Cc2ccc(F)c(OCCOCCNc3ccc(C=O)c(CN(C)C4CCC(=O)NC4=O)c3)c2)nc1-c1ccc2c(c1)CCN2C(=O)OC(C)(C)C. The minimum atomic E-state index is -0.590. The minimum absolute atomic E-state index is 0.0105. The number of aromatic nitrogens is 1. The fourth-order valence-electron chi connectivity index (χ4n) is 6.92. The predicted molar refractivity (Wildman–Crippen MR) is 223 cm³/mol. The number of halogens is 1. The maximum atomic E-state index is 14.6. The summed E-state index contributed by atoms with van der Waals surface area (Å²) in [6.07, 6.45) is 1.76. The highest BCUT2D eigenvalue weighted by molar-refractivity contribution is 7.16. The summed E-state index contributed by atoms with van der Waals surface area (Å²) < 4.78 is 31.5. The van der Waals surface area contributed by atoms with E-state index in [2.05, 4.69) is 16.0 Å². The van der Waals surface area contributed by atoms with Crippen LogP contribution in [0.2, 0.25) is 0 Å². The van der Waals surface area contributed by atoms with Crippen molar-refractivity contribution in [1.29, 1.82) is 0 Å². The molecule has 1 saturated heterocycles. The molecule has 1 fully saturated rings. The third-order valence-electron chi connectivity index (χ3n) is 9.76. The number of piperidine rings is 1. The van der Waals surface area contributed by atoms with Crippen LogP contribution >= 0.6 is 11.3 Å². The molecule has 6 rings (SSSR count). The molecule has 2 aliphatic rings. The Morgan fingerprint density at radius 1 is 1.07 bits per heavy atom. The first-order valence-electron chi connectivity index (χ1n) is 19.4. The van der Waals surface area contributed by atoms with Crippen LogP contribution in [0.4, 0.5) is 25.7 Å². The van der Waals surface area contributed by atoms with Gasteiger partial charge in [-0.2, -0.15) is 0 Å². The summed E-state index contributed by atoms with van der Waals surface area (Å²) in [7, 11) is 1.78. The number of fused-ring (bicyclic) bond motifs is 1. The first kappa shape index (κ1) is 42.9. The second-order valence-corrected chi connectivity index (χ2v) is 16.6. The molecule has 3 aromatic carbocycles. The lowest BCUT2D eigenvalue weighted by Gasteiger charge is -2.30. The molecule has 0 radical (unpaired) electrons. The Hall–Kier alpha value is -5.71. The average molecular weight is 829 g/mol. The summed E-state index contributed by atoms with van der Waals surface area (Å²) in [6, 6.07) is 15.0. The standard InChI is InChI=1S/C43H49FN6O8S/c1-26-39(29-8-11-34-28(22-29)14-16-50(34)42(55)58-43(2,3)4)48-41(59-26)47-38(53)21-27-6-10-33(44)36(20-27)57-19-18-56-17-15-45-32-9-7-30(25-51)31(23-32)24-49(5)35-12-13-37(52)46-40(35)54/h6-11,20,22-23,25,35,45H,12-19,21,24H2,1-5H3,(H,46,52,54)(H,47,48,53). The average Bonchev–Trinajstić information content (AvgIpc) is 3.77. The van der Waals surface area contributed by atoms with E-state index in [9.17, 15) is 28.4 Å². The third kappa shape index (κ3) is 11.3. The van der Waals surface area contributed by atoms with Crippen LogP contribution in [0, 0.1) is 12.7 Å². The number of carbonyl (C=O) groups is 5. The predicted octanol–water partition coefficient (Wildman–Crippen LogP) is 6.29. The lowest BCUT2D eigenvalue weighted by molar-refractivity contribution is -0.137. The second-order valence-electron chi connectivity index (χ2n) is 15.4. The third-order valence-corrected chi connectivity index (χ3v) is 10.6. The van der Waals surface area contributed by atoms with Crippen LogP contribution in [0.5, 0.6) is 5.75 Å². The molecular weight excluding hydrogens is 780 g/mol. The highest BCUT2D eigenvalue weighted by Gasteiger charge is 2.31. The molecule has 14 nitrogen and oxygen atoms in total. The number of nitrogens with zero attached hydrogens (tertiary/aromatic N) is 3. The molecule has 1 aromatic heterocycles. The number of rotatable bonds is 16. The monoisotopic (exact) mass is 828 g/mol. The number of aryl methyl sites for hydroxylation is 1. The molecule has 4 amide bonds. The van der Waals surface area contributed by atoms with Crippen molar-refractivity contribution in [2.24, 2.45) is 0 Å². The van der Waals surface area contributed by atoms with Crippen molar-refractivity contribution in [2.45, 2.75) is 71.6 Å². The van der Waals surface area contributed by atoms with Gasteiger partial charge in [0.05, 0.1) is 37.1 Å². The number of nitrogens with one attached hydrogen (secondary N) is 3. The van der Waals surface area contributed by atoms with Crippen molar-refractivity contribution < 1.29 is 42.6 Å². The number of hydrogen-bond donors (Lipinski definition) is 3. The normalized spacial score (nSPS) is 15.2. The number of amides is 4. The van der Waals surface area contributed by atoms with Crippen LogP contribution in [-0.2, 0) is 43.2 Å². The molecule has 0 saturated carbocycles. The maximum Gasteiger partial charge on any atom is 0.414 e. The number of ether oxygens (including phenoxy) is 3. The second kappa shape index (κ2) is 18.9. The van der Waals surface area contributed by atoms with E-state index in [-0.39, 0.29) is 55.6 Å². The van der Waals surface area contributed by atoms with E-state index in [1.165, 1.54) is 29.5 Å². The minimum Gasteiger partial charge on any atom is -0.488 e. The molecule has 3 N–H and O–H groups in total. The zero-order chi connectivity index (χ0) is 42.3. The Kier molecular flexibility index (Phi) is 13.7. The quantitative estimate of drug-likeness (QED) is 0.0660. The number of benzene rings is 3. The lowest BCUT2D eigenvalue weighted by atomic mass is 10.0. The summed E-state index contributed by atoms with van der Waals surface area (Å²) in [4.78, 5) is 70.4. The van der Waals surface area contributed by atoms with Crippen LogP contribution < -0.4 is 25.6 Å². The van der Waals surface area contributed by atoms with Crippen molar-refractivity contribution in [1.82, 2.24) is 15.2 Å². The number of likely N-dealkylation sites (N-methyl/N-ethyl adjacent to an activating group) is 1. The van der Waals surface area contributed by atoms with Gasteiger partial charge in [-0.05, 0) is 107 Å². The molecule has 3 heterocycles. The van der Waals surface area contributed by atoms with E-state index in [4.69, 9.17) is 19.2 Å². The van der Waals surface area contributed by atoms with Crippen molar-refractivity contribution in [3.63, 3.8) is 0 Å². The van der Waals surface area contributed by atoms with Crippen molar-refractivity contribution >= 4 is 57.9 Å². The van der Waals surface area contributed by atoms with Gasteiger partial charge in [0.2, 0.25) is 17.7 Å². The zero-order valence-electron chi connectivity index (χ0n) is 33.8. The van der Waals surface area contributed by atoms with Crippen LogP contribution in [-0.4, -0.2) is 91.6 Å². The number of imide groups is 1. The largest absolute Gasteiger partial charge is 0.488 e. The Bertz CT molecular complexity index is 2220. The van der Waals surface area contributed by atoms with Gasteiger partial charge in [0.25, 0.3) is 0 Å². The molecule has 0 spiro atoms. The Balaban J connectivity index is 0.938. The van der Waals surface area contributed by atoms with Crippen LogP contribution in [0.15, 0.2) is 54.6 Å². The smallest absolute Gasteiger partial charge is 0.414 e. The fourth-order valence-corrected chi connectivity index (χ4v) is 7.77. The molecule has 312 valence electrons. The number of carbonyl (C=O) groups excluding carboxylic acids is 5. The summed E-state index contributed by atoms with van der Waals surface area (Å²) in [6.45, 7) is 9.38. The van der Waals surface area contributed by atoms with Gasteiger partial charge in [-0.15, -0.1) is 11.3 Å². The molecule has 16 heteroatoms. The van der Waals surface area contributed by atoms with E-state index in [0.29, 0.717) is 55.3 Å². The zero-order valence-corrected chi connectivity index (χ0v) is 34.6. The lowest BCUT2D eigenvalue weighted by Crippen LogP contribution is -2.51. The topological polar surface area (TPSA) is 168 Å². The summed E-state index contributed by atoms with van der Waals surface area (Å²) in [5, 5.41) is 8.93.